The van der Waals surface area contributed by atoms with Crippen LogP contribution in [0.4, 0.5) is 4.39 Å². The van der Waals surface area contributed by atoms with Crippen molar-refractivity contribution in [3.8, 4) is 0 Å². The molecule has 0 bridgehead atoms. The minimum absolute atomic E-state index is 0.00729. The van der Waals surface area contributed by atoms with Crippen LogP contribution in [0.15, 0.2) is 18.2 Å². The minimum Gasteiger partial charge on any atom is -0.352 e. The van der Waals surface area contributed by atoms with E-state index in [9.17, 15) is 9.18 Å². The van der Waals surface area contributed by atoms with Crippen molar-refractivity contribution < 1.29 is 13.9 Å². The highest BCUT2D eigenvalue weighted by Gasteiger charge is 2.64. The van der Waals surface area contributed by atoms with Crippen molar-refractivity contribution in [2.24, 2.45) is 5.92 Å². The van der Waals surface area contributed by atoms with Gasteiger partial charge in [0.25, 0.3) is 0 Å². The average molecular weight is 353 g/mol. The van der Waals surface area contributed by atoms with Crippen LogP contribution in [0.1, 0.15) is 32.3 Å². The Balaban J connectivity index is 1.60. The van der Waals surface area contributed by atoms with Crippen LogP contribution in [-0.2, 0) is 16.1 Å². The second kappa shape index (κ2) is 5.68. The summed E-state index contributed by atoms with van der Waals surface area (Å²) >= 11 is 6.01. The summed E-state index contributed by atoms with van der Waals surface area (Å²) in [6.07, 6.45) is 1.24. The van der Waals surface area contributed by atoms with Crippen molar-refractivity contribution in [3.63, 3.8) is 0 Å². The maximum absolute atomic E-state index is 14.1. The molecule has 0 aliphatic carbocycles. The zero-order valence-electron chi connectivity index (χ0n) is 14.0. The largest absolute Gasteiger partial charge is 0.352 e. The molecule has 3 heterocycles. The number of halogens is 2. The van der Waals surface area contributed by atoms with Gasteiger partial charge >= 0.3 is 0 Å². The fraction of sp³-hybridized carbons (Fsp3) is 0.611. The molecule has 1 amide bonds. The van der Waals surface area contributed by atoms with Gasteiger partial charge in [-0.05, 0) is 24.1 Å². The van der Waals surface area contributed by atoms with Crippen molar-refractivity contribution in [1.82, 2.24) is 9.80 Å². The molecule has 4 nitrogen and oxygen atoms in total. The first-order valence-corrected chi connectivity index (χ1v) is 8.94. The quantitative estimate of drug-likeness (QED) is 0.838. The number of benzene rings is 1. The van der Waals surface area contributed by atoms with E-state index in [1.165, 1.54) is 6.07 Å². The maximum Gasteiger partial charge on any atom is 0.226 e. The fourth-order valence-electron chi connectivity index (χ4n) is 4.53. The number of amides is 1. The second-order valence-electron chi connectivity index (χ2n) is 7.41. The number of carbonyl (C=O) groups is 1. The Morgan fingerprint density at radius 1 is 1.46 bits per heavy atom. The zero-order valence-corrected chi connectivity index (χ0v) is 14.7. The van der Waals surface area contributed by atoms with E-state index < -0.39 is 5.72 Å². The summed E-state index contributed by atoms with van der Waals surface area (Å²) in [4.78, 5) is 16.8. The molecule has 3 unspecified atom stereocenters. The number of carbonyl (C=O) groups excluding carboxylic acids is 1. The highest BCUT2D eigenvalue weighted by molar-refractivity contribution is 6.30. The van der Waals surface area contributed by atoms with Crippen LogP contribution < -0.4 is 0 Å². The van der Waals surface area contributed by atoms with Crippen LogP contribution in [0, 0.1) is 11.7 Å². The van der Waals surface area contributed by atoms with Gasteiger partial charge in [-0.3, -0.25) is 9.69 Å². The van der Waals surface area contributed by atoms with Crippen LogP contribution >= 0.6 is 11.6 Å². The molecule has 3 saturated heterocycles. The highest BCUT2D eigenvalue weighted by Crippen LogP contribution is 2.49. The Morgan fingerprint density at radius 2 is 2.25 bits per heavy atom. The third-order valence-corrected chi connectivity index (χ3v) is 5.98. The zero-order chi connectivity index (χ0) is 17.1. The van der Waals surface area contributed by atoms with E-state index in [1.54, 1.807) is 12.1 Å². The standard InChI is InChI=1S/C18H22ClFN2O2/c1-11(2)15-10-24-18-5-6-21(16(18)8-17(23)22(15)18)9-12-7-13(19)3-4-14(12)20/h3-4,7,11,15-16H,5-6,8-10H2,1-2H3. The predicted octanol–water partition coefficient (Wildman–Crippen LogP) is 3.04. The smallest absolute Gasteiger partial charge is 0.226 e. The van der Waals surface area contributed by atoms with Gasteiger partial charge in [0.05, 0.1) is 18.7 Å². The molecule has 130 valence electrons. The fourth-order valence-corrected chi connectivity index (χ4v) is 4.72. The topological polar surface area (TPSA) is 32.8 Å². The summed E-state index contributed by atoms with van der Waals surface area (Å²) in [6.45, 7) is 6.10. The van der Waals surface area contributed by atoms with E-state index in [4.69, 9.17) is 16.3 Å². The molecular weight excluding hydrogens is 331 g/mol. The van der Waals surface area contributed by atoms with Crippen molar-refractivity contribution in [2.45, 2.75) is 51.0 Å². The van der Waals surface area contributed by atoms with Crippen LogP contribution in [0.5, 0.6) is 0 Å². The van der Waals surface area contributed by atoms with Crippen molar-refractivity contribution >= 4 is 17.5 Å². The van der Waals surface area contributed by atoms with Crippen LogP contribution in [0.2, 0.25) is 5.02 Å². The minimum atomic E-state index is -0.513. The third-order valence-electron chi connectivity index (χ3n) is 5.75. The monoisotopic (exact) mass is 352 g/mol. The number of hydrogen-bond donors (Lipinski definition) is 0. The molecule has 24 heavy (non-hydrogen) atoms. The Kier molecular flexibility index (Phi) is 3.86. The molecule has 1 spiro atoms. The molecule has 0 saturated carbocycles. The number of likely N-dealkylation sites (tertiary alicyclic amines) is 1. The lowest BCUT2D eigenvalue weighted by Crippen LogP contribution is -2.50. The second-order valence-corrected chi connectivity index (χ2v) is 7.84. The van der Waals surface area contributed by atoms with Gasteiger partial charge in [0.1, 0.15) is 5.82 Å². The lowest BCUT2D eigenvalue weighted by Gasteiger charge is -2.34. The average Bonchev–Trinajstić information content (AvgIpc) is 3.14. The van der Waals surface area contributed by atoms with Crippen LogP contribution in [0.3, 0.4) is 0 Å². The van der Waals surface area contributed by atoms with Crippen LogP contribution in [0.25, 0.3) is 0 Å². The molecule has 1 aromatic carbocycles. The summed E-state index contributed by atoms with van der Waals surface area (Å²) in [7, 11) is 0. The summed E-state index contributed by atoms with van der Waals surface area (Å²) in [5, 5.41) is 0.529. The molecule has 0 N–H and O–H groups in total. The van der Waals surface area contributed by atoms with E-state index in [0.717, 1.165) is 13.0 Å². The first kappa shape index (κ1) is 16.3. The van der Waals surface area contributed by atoms with Crippen molar-refractivity contribution in [1.29, 1.82) is 0 Å². The molecule has 0 radical (unpaired) electrons. The molecule has 3 atom stereocenters. The molecule has 4 rings (SSSR count). The van der Waals surface area contributed by atoms with E-state index in [-0.39, 0.29) is 23.8 Å². The molecule has 3 fully saturated rings. The van der Waals surface area contributed by atoms with Gasteiger partial charge in [0.2, 0.25) is 5.91 Å². The molecule has 0 aromatic heterocycles. The summed E-state index contributed by atoms with van der Waals surface area (Å²) in [5.41, 5.74) is 0.0602. The Labute approximate surface area is 146 Å². The lowest BCUT2D eigenvalue weighted by molar-refractivity contribution is -0.139. The van der Waals surface area contributed by atoms with E-state index >= 15 is 0 Å². The van der Waals surface area contributed by atoms with Gasteiger partial charge in [0, 0.05) is 36.5 Å². The van der Waals surface area contributed by atoms with E-state index in [2.05, 4.69) is 18.7 Å². The molecular formula is C18H22ClFN2O2. The van der Waals surface area contributed by atoms with E-state index in [0.29, 0.717) is 36.1 Å². The Bertz CT molecular complexity index is 683. The molecule has 3 aliphatic heterocycles. The van der Waals surface area contributed by atoms with Gasteiger partial charge in [-0.1, -0.05) is 25.4 Å². The maximum atomic E-state index is 14.1. The Morgan fingerprint density at radius 3 is 3.00 bits per heavy atom. The predicted molar refractivity (Wildman–Crippen MR) is 89.0 cm³/mol. The van der Waals surface area contributed by atoms with Crippen molar-refractivity contribution in [3.05, 3.63) is 34.6 Å². The lowest BCUT2D eigenvalue weighted by atomic mass is 10.0. The summed E-state index contributed by atoms with van der Waals surface area (Å²) in [6, 6.07) is 4.76. The van der Waals surface area contributed by atoms with E-state index in [1.807, 2.05) is 4.90 Å². The van der Waals surface area contributed by atoms with Crippen LogP contribution in [-0.4, -0.2) is 46.7 Å². The molecule has 6 heteroatoms. The normalized spacial score (nSPS) is 32.7. The van der Waals surface area contributed by atoms with Crippen molar-refractivity contribution in [2.75, 3.05) is 13.2 Å². The third kappa shape index (κ3) is 2.29. The van der Waals surface area contributed by atoms with Gasteiger partial charge in [-0.15, -0.1) is 0 Å². The first-order valence-electron chi connectivity index (χ1n) is 8.56. The summed E-state index contributed by atoms with van der Waals surface area (Å²) < 4.78 is 20.3. The Hall–Kier alpha value is -1.17. The van der Waals surface area contributed by atoms with Gasteiger partial charge < -0.3 is 9.64 Å². The van der Waals surface area contributed by atoms with Gasteiger partial charge in [-0.2, -0.15) is 0 Å². The highest BCUT2D eigenvalue weighted by atomic mass is 35.5. The summed E-state index contributed by atoms with van der Waals surface area (Å²) in [5.74, 6) is 0.271. The van der Waals surface area contributed by atoms with Gasteiger partial charge in [-0.25, -0.2) is 4.39 Å². The first-order chi connectivity index (χ1) is 11.4. The number of ether oxygens (including phenoxy) is 1. The molecule has 1 aromatic rings. The number of hydrogen-bond acceptors (Lipinski definition) is 3. The molecule has 3 aliphatic rings. The number of rotatable bonds is 3. The SMILES string of the molecule is CC(C)C1COC23CCN(Cc4cc(Cl)ccc4F)C2CC(=O)N13. The van der Waals surface area contributed by atoms with Gasteiger partial charge in [0.15, 0.2) is 5.72 Å². The number of nitrogens with zero attached hydrogens (tertiary/aromatic N) is 2.